The van der Waals surface area contributed by atoms with Crippen LogP contribution in [0.1, 0.15) is 30.9 Å². The van der Waals surface area contributed by atoms with Crippen LogP contribution in [0.15, 0.2) is 60.7 Å². The van der Waals surface area contributed by atoms with Gasteiger partial charge in [0.05, 0.1) is 0 Å². The summed E-state index contributed by atoms with van der Waals surface area (Å²) >= 11 is 0. The molecular formula is C22H28N2O2. The average Bonchev–Trinajstić information content (AvgIpc) is 2.72. The number of aliphatic hydroxyl groups is 1. The third-order valence-electron chi connectivity index (χ3n) is 5.31. The fraction of sp³-hybridized carbons (Fsp3) is 0.409. The van der Waals surface area contributed by atoms with E-state index in [0.29, 0.717) is 23.6 Å². The first-order valence-corrected chi connectivity index (χ1v) is 9.48. The van der Waals surface area contributed by atoms with Crippen LogP contribution in [-0.2, 0) is 10.4 Å². The Bertz CT molecular complexity index is 663. The molecule has 0 aromatic heterocycles. The average molecular weight is 352 g/mol. The lowest BCUT2D eigenvalue weighted by molar-refractivity contribution is -0.137. The monoisotopic (exact) mass is 352 g/mol. The predicted molar refractivity (Wildman–Crippen MR) is 104 cm³/mol. The van der Waals surface area contributed by atoms with E-state index < -0.39 is 5.60 Å². The van der Waals surface area contributed by atoms with Gasteiger partial charge in [0.25, 0.3) is 5.91 Å². The zero-order valence-corrected chi connectivity index (χ0v) is 15.4. The third kappa shape index (κ3) is 3.97. The molecule has 0 spiro atoms. The normalized spacial score (nSPS) is 18.5. The summed E-state index contributed by atoms with van der Waals surface area (Å²) in [5, 5.41) is 14.4. The van der Waals surface area contributed by atoms with E-state index in [-0.39, 0.29) is 5.91 Å². The Morgan fingerprint density at radius 1 is 1.12 bits per heavy atom. The van der Waals surface area contributed by atoms with Crippen LogP contribution in [0.2, 0.25) is 0 Å². The molecule has 1 aliphatic rings. The van der Waals surface area contributed by atoms with E-state index in [2.05, 4.69) is 17.1 Å². The number of carbonyl (C=O) groups is 1. The fourth-order valence-electron chi connectivity index (χ4n) is 3.76. The molecule has 2 N–H and O–H groups in total. The summed E-state index contributed by atoms with van der Waals surface area (Å²) in [4.78, 5) is 15.5. The maximum absolute atomic E-state index is 13.1. The molecular weight excluding hydrogens is 324 g/mol. The number of carbonyl (C=O) groups excluding carboxylic acids is 1. The van der Waals surface area contributed by atoms with E-state index >= 15 is 0 Å². The summed E-state index contributed by atoms with van der Waals surface area (Å²) in [6.07, 6.45) is 2.28. The molecule has 1 unspecified atom stereocenters. The maximum Gasteiger partial charge on any atom is 0.261 e. The molecule has 0 saturated carbocycles. The number of amides is 1. The Balaban J connectivity index is 1.78. The van der Waals surface area contributed by atoms with Crippen LogP contribution in [0.4, 0.5) is 0 Å². The third-order valence-corrected chi connectivity index (χ3v) is 5.31. The highest BCUT2D eigenvalue weighted by atomic mass is 16.3. The number of hydrogen-bond acceptors (Lipinski definition) is 3. The zero-order chi connectivity index (χ0) is 18.4. The van der Waals surface area contributed by atoms with Crippen LogP contribution in [0.3, 0.4) is 0 Å². The van der Waals surface area contributed by atoms with Crippen molar-refractivity contribution in [3.63, 3.8) is 0 Å². The summed E-state index contributed by atoms with van der Waals surface area (Å²) in [6.45, 7) is 5.95. The summed E-state index contributed by atoms with van der Waals surface area (Å²) in [5.41, 5.74) is -0.508. The van der Waals surface area contributed by atoms with Gasteiger partial charge >= 0.3 is 0 Å². The van der Waals surface area contributed by atoms with Gasteiger partial charge in [0.1, 0.15) is 0 Å². The Labute approximate surface area is 155 Å². The highest BCUT2D eigenvalue weighted by molar-refractivity contribution is 5.90. The number of hydrogen-bond donors (Lipinski definition) is 2. The van der Waals surface area contributed by atoms with Crippen LogP contribution in [0.5, 0.6) is 0 Å². The van der Waals surface area contributed by atoms with Crippen molar-refractivity contribution in [2.75, 3.05) is 26.2 Å². The molecule has 0 aliphatic carbocycles. The van der Waals surface area contributed by atoms with Crippen molar-refractivity contribution in [2.24, 2.45) is 5.92 Å². The minimum Gasteiger partial charge on any atom is -0.372 e. The fourth-order valence-corrected chi connectivity index (χ4v) is 3.76. The number of nitrogens with zero attached hydrogens (tertiary/aromatic N) is 1. The smallest absolute Gasteiger partial charge is 0.261 e. The molecule has 1 heterocycles. The van der Waals surface area contributed by atoms with Crippen LogP contribution in [0.25, 0.3) is 0 Å². The molecule has 1 fully saturated rings. The standard InChI is InChI=1S/C22H28N2O2/c1-2-24-15-9-10-18(17-24)16-23-21(25)22(26,19-11-5-3-6-12-19)20-13-7-4-8-14-20/h3-8,11-14,18,26H,2,9-10,15-17H2,1H3,(H,23,25). The Kier molecular flexibility index (Phi) is 6.07. The molecule has 1 saturated heterocycles. The Hall–Kier alpha value is -2.17. The molecule has 4 nitrogen and oxygen atoms in total. The summed E-state index contributed by atoms with van der Waals surface area (Å²) in [5.74, 6) is 0.0759. The molecule has 2 aromatic rings. The van der Waals surface area contributed by atoms with Gasteiger partial charge in [0.15, 0.2) is 5.60 Å². The molecule has 138 valence electrons. The number of benzene rings is 2. The molecule has 2 aromatic carbocycles. The van der Waals surface area contributed by atoms with Crippen molar-refractivity contribution in [1.82, 2.24) is 10.2 Å². The molecule has 1 atom stereocenters. The van der Waals surface area contributed by atoms with Crippen molar-refractivity contribution < 1.29 is 9.90 Å². The minimum atomic E-state index is -1.68. The van der Waals surface area contributed by atoms with E-state index in [1.54, 1.807) is 24.3 Å². The van der Waals surface area contributed by atoms with E-state index in [1.807, 2.05) is 36.4 Å². The molecule has 4 heteroatoms. The van der Waals surface area contributed by atoms with Crippen molar-refractivity contribution in [3.05, 3.63) is 71.8 Å². The van der Waals surface area contributed by atoms with Crippen LogP contribution in [0, 0.1) is 5.92 Å². The van der Waals surface area contributed by atoms with Gasteiger partial charge in [-0.05, 0) is 43.0 Å². The van der Waals surface area contributed by atoms with E-state index in [1.165, 1.54) is 0 Å². The first-order valence-electron chi connectivity index (χ1n) is 9.48. The lowest BCUT2D eigenvalue weighted by Crippen LogP contribution is -2.48. The predicted octanol–water partition coefficient (Wildman–Crippen LogP) is 2.77. The lowest BCUT2D eigenvalue weighted by atomic mass is 9.85. The topological polar surface area (TPSA) is 52.6 Å². The highest BCUT2D eigenvalue weighted by Gasteiger charge is 2.39. The van der Waals surface area contributed by atoms with Gasteiger partial charge in [0.2, 0.25) is 0 Å². The number of nitrogens with one attached hydrogen (secondary N) is 1. The number of rotatable bonds is 6. The van der Waals surface area contributed by atoms with E-state index in [9.17, 15) is 9.90 Å². The van der Waals surface area contributed by atoms with E-state index in [4.69, 9.17) is 0 Å². The summed E-state index contributed by atoms with van der Waals surface area (Å²) in [6, 6.07) is 18.3. The van der Waals surface area contributed by atoms with Gasteiger partial charge in [-0.25, -0.2) is 0 Å². The van der Waals surface area contributed by atoms with Gasteiger partial charge in [0, 0.05) is 13.1 Å². The molecule has 0 radical (unpaired) electrons. The Morgan fingerprint density at radius 2 is 1.69 bits per heavy atom. The van der Waals surface area contributed by atoms with Crippen molar-refractivity contribution in [1.29, 1.82) is 0 Å². The van der Waals surface area contributed by atoms with Gasteiger partial charge in [-0.1, -0.05) is 67.6 Å². The lowest BCUT2D eigenvalue weighted by Gasteiger charge is -2.33. The molecule has 3 rings (SSSR count). The minimum absolute atomic E-state index is 0.358. The first kappa shape index (κ1) is 18.6. The zero-order valence-electron chi connectivity index (χ0n) is 15.4. The Morgan fingerprint density at radius 3 is 2.23 bits per heavy atom. The quantitative estimate of drug-likeness (QED) is 0.841. The molecule has 26 heavy (non-hydrogen) atoms. The molecule has 1 amide bonds. The highest BCUT2D eigenvalue weighted by Crippen LogP contribution is 2.30. The van der Waals surface area contributed by atoms with E-state index in [0.717, 1.165) is 32.5 Å². The summed E-state index contributed by atoms with van der Waals surface area (Å²) < 4.78 is 0. The second-order valence-corrected chi connectivity index (χ2v) is 7.05. The second-order valence-electron chi connectivity index (χ2n) is 7.05. The van der Waals surface area contributed by atoms with Crippen molar-refractivity contribution >= 4 is 5.91 Å². The summed E-state index contributed by atoms with van der Waals surface area (Å²) in [7, 11) is 0. The second kappa shape index (κ2) is 8.47. The van der Waals surface area contributed by atoms with Crippen molar-refractivity contribution in [3.8, 4) is 0 Å². The number of piperidine rings is 1. The van der Waals surface area contributed by atoms with Gasteiger partial charge in [-0.15, -0.1) is 0 Å². The SMILES string of the molecule is CCN1CCCC(CNC(=O)C(O)(c2ccccc2)c2ccccc2)C1. The molecule has 1 aliphatic heterocycles. The first-order chi connectivity index (χ1) is 12.6. The largest absolute Gasteiger partial charge is 0.372 e. The maximum atomic E-state index is 13.1. The number of likely N-dealkylation sites (tertiary alicyclic amines) is 1. The van der Waals surface area contributed by atoms with Gasteiger partial charge in [-0.3, -0.25) is 4.79 Å². The molecule has 0 bridgehead atoms. The van der Waals surface area contributed by atoms with Crippen molar-refractivity contribution in [2.45, 2.75) is 25.4 Å². The van der Waals surface area contributed by atoms with Crippen LogP contribution >= 0.6 is 0 Å². The van der Waals surface area contributed by atoms with Gasteiger partial charge in [-0.2, -0.15) is 0 Å². The van der Waals surface area contributed by atoms with Crippen LogP contribution in [-0.4, -0.2) is 42.1 Å². The van der Waals surface area contributed by atoms with Gasteiger partial charge < -0.3 is 15.3 Å². The van der Waals surface area contributed by atoms with Crippen LogP contribution < -0.4 is 5.32 Å².